The molecule has 0 N–H and O–H groups in total. The Hall–Kier alpha value is -1.89. The number of nitro groups is 1. The fourth-order valence-corrected chi connectivity index (χ4v) is 1.71. The van der Waals surface area contributed by atoms with Crippen LogP contribution in [0.1, 0.15) is 37.7 Å². The Morgan fingerprint density at radius 2 is 2.00 bits per heavy atom. The molecule has 0 saturated carbocycles. The highest BCUT2D eigenvalue weighted by atomic mass is 16.6. The first-order valence-corrected chi connectivity index (χ1v) is 5.84. The fourth-order valence-electron chi connectivity index (χ4n) is 1.71. The number of hydrogen-bond donors (Lipinski definition) is 0. The van der Waals surface area contributed by atoms with Crippen LogP contribution in [0, 0.1) is 21.4 Å². The third-order valence-electron chi connectivity index (χ3n) is 2.63. The van der Waals surface area contributed by atoms with Gasteiger partial charge in [0.25, 0.3) is 5.69 Å². The van der Waals surface area contributed by atoms with Gasteiger partial charge in [-0.05, 0) is 24.8 Å². The van der Waals surface area contributed by atoms with Crippen molar-refractivity contribution in [3.05, 3.63) is 39.9 Å². The number of non-ortho nitro benzene ring substituents is 1. The molecule has 0 saturated heterocycles. The van der Waals surface area contributed by atoms with Crippen molar-refractivity contribution in [3.8, 4) is 6.07 Å². The van der Waals surface area contributed by atoms with Gasteiger partial charge in [0, 0.05) is 18.6 Å². The van der Waals surface area contributed by atoms with Crippen LogP contribution in [0.2, 0.25) is 0 Å². The van der Waals surface area contributed by atoms with Crippen molar-refractivity contribution < 1.29 is 4.92 Å². The Balaban J connectivity index is 2.30. The van der Waals surface area contributed by atoms with Crippen LogP contribution in [-0.2, 0) is 6.42 Å². The Bertz CT molecular complexity index is 410. The van der Waals surface area contributed by atoms with Crippen molar-refractivity contribution >= 4 is 5.69 Å². The summed E-state index contributed by atoms with van der Waals surface area (Å²) >= 11 is 0. The summed E-state index contributed by atoms with van der Waals surface area (Å²) < 4.78 is 0. The summed E-state index contributed by atoms with van der Waals surface area (Å²) in [6, 6.07) is 8.91. The van der Waals surface area contributed by atoms with Crippen molar-refractivity contribution in [1.82, 2.24) is 0 Å². The van der Waals surface area contributed by atoms with Crippen LogP contribution in [0.4, 0.5) is 5.69 Å². The second kappa shape index (κ2) is 7.39. The van der Waals surface area contributed by atoms with Crippen LogP contribution in [-0.4, -0.2) is 4.92 Å². The predicted molar refractivity (Wildman–Crippen MR) is 65.5 cm³/mol. The molecule has 0 fully saturated rings. The van der Waals surface area contributed by atoms with Crippen molar-refractivity contribution in [2.45, 2.75) is 38.5 Å². The van der Waals surface area contributed by atoms with Gasteiger partial charge in [-0.1, -0.05) is 25.0 Å². The maximum absolute atomic E-state index is 10.6. The lowest BCUT2D eigenvalue weighted by Gasteiger charge is -2.01. The van der Waals surface area contributed by atoms with E-state index in [2.05, 4.69) is 6.07 Å². The molecule has 0 atom stereocenters. The van der Waals surface area contributed by atoms with E-state index in [0.717, 1.165) is 37.7 Å². The zero-order valence-electron chi connectivity index (χ0n) is 9.76. The normalized spacial score (nSPS) is 9.82. The Labute approximate surface area is 101 Å². The van der Waals surface area contributed by atoms with Gasteiger partial charge in [0.15, 0.2) is 0 Å². The molecule has 0 heterocycles. The minimum atomic E-state index is -0.365. The van der Waals surface area contributed by atoms with Gasteiger partial charge in [0.2, 0.25) is 0 Å². The predicted octanol–water partition coefficient (Wildman–Crippen LogP) is 3.61. The van der Waals surface area contributed by atoms with Crippen LogP contribution < -0.4 is 0 Å². The van der Waals surface area contributed by atoms with E-state index in [9.17, 15) is 10.1 Å². The molecule has 4 nitrogen and oxygen atoms in total. The zero-order valence-corrected chi connectivity index (χ0v) is 9.76. The van der Waals surface area contributed by atoms with E-state index in [1.165, 1.54) is 6.07 Å². The molecule has 0 aliphatic rings. The molecule has 90 valence electrons. The first-order valence-electron chi connectivity index (χ1n) is 5.84. The van der Waals surface area contributed by atoms with E-state index in [-0.39, 0.29) is 10.6 Å². The molecule has 0 aliphatic heterocycles. The van der Waals surface area contributed by atoms with Crippen LogP contribution >= 0.6 is 0 Å². The van der Waals surface area contributed by atoms with Crippen molar-refractivity contribution in [1.29, 1.82) is 5.26 Å². The van der Waals surface area contributed by atoms with Gasteiger partial charge in [-0.2, -0.15) is 5.26 Å². The summed E-state index contributed by atoms with van der Waals surface area (Å²) in [5.74, 6) is 0. The van der Waals surface area contributed by atoms with Gasteiger partial charge in [-0.3, -0.25) is 10.1 Å². The third-order valence-corrected chi connectivity index (χ3v) is 2.63. The molecule has 0 spiro atoms. The topological polar surface area (TPSA) is 66.9 Å². The summed E-state index contributed by atoms with van der Waals surface area (Å²) in [5.41, 5.74) is 1.17. The number of nitriles is 1. The Morgan fingerprint density at radius 1 is 1.24 bits per heavy atom. The van der Waals surface area contributed by atoms with Gasteiger partial charge in [-0.15, -0.1) is 0 Å². The van der Waals surface area contributed by atoms with Crippen molar-refractivity contribution in [2.75, 3.05) is 0 Å². The number of unbranched alkanes of at least 4 members (excludes halogenated alkanes) is 4. The number of benzene rings is 1. The average Bonchev–Trinajstić information content (AvgIpc) is 2.34. The number of hydrogen-bond acceptors (Lipinski definition) is 3. The van der Waals surface area contributed by atoms with E-state index in [4.69, 9.17) is 5.26 Å². The molecule has 0 bridgehead atoms. The average molecular weight is 232 g/mol. The molecule has 17 heavy (non-hydrogen) atoms. The molecule has 1 aromatic rings. The van der Waals surface area contributed by atoms with Gasteiger partial charge >= 0.3 is 0 Å². The maximum Gasteiger partial charge on any atom is 0.269 e. The summed E-state index contributed by atoms with van der Waals surface area (Å²) in [6.07, 6.45) is 5.59. The molecule has 0 aromatic heterocycles. The highest BCUT2D eigenvalue weighted by molar-refractivity contribution is 5.34. The largest absolute Gasteiger partial charge is 0.269 e. The van der Waals surface area contributed by atoms with Crippen LogP contribution in [0.3, 0.4) is 0 Å². The van der Waals surface area contributed by atoms with E-state index in [1.54, 1.807) is 12.1 Å². The highest BCUT2D eigenvalue weighted by Gasteiger charge is 2.04. The van der Waals surface area contributed by atoms with Gasteiger partial charge in [0.1, 0.15) is 0 Å². The smallest absolute Gasteiger partial charge is 0.258 e. The van der Waals surface area contributed by atoms with E-state index < -0.39 is 0 Å². The molecule has 4 heteroatoms. The monoisotopic (exact) mass is 232 g/mol. The maximum atomic E-state index is 10.6. The minimum absolute atomic E-state index is 0.159. The number of nitrogens with zero attached hydrogens (tertiary/aromatic N) is 2. The summed E-state index contributed by atoms with van der Waals surface area (Å²) in [5, 5.41) is 18.9. The standard InChI is InChI=1S/C13H16N2O2/c14-10-5-3-1-2-4-7-12-8-6-9-13(11-12)15(16)17/h6,8-9,11H,1-5,7H2. The first kappa shape index (κ1) is 13.2. The van der Waals surface area contributed by atoms with Gasteiger partial charge in [0.05, 0.1) is 11.0 Å². The minimum Gasteiger partial charge on any atom is -0.258 e. The van der Waals surface area contributed by atoms with Gasteiger partial charge in [-0.25, -0.2) is 0 Å². The lowest BCUT2D eigenvalue weighted by Crippen LogP contribution is -1.91. The molecular weight excluding hydrogens is 216 g/mol. The lowest BCUT2D eigenvalue weighted by molar-refractivity contribution is -0.384. The lowest BCUT2D eigenvalue weighted by atomic mass is 10.1. The third kappa shape index (κ3) is 5.12. The zero-order chi connectivity index (χ0) is 12.5. The van der Waals surface area contributed by atoms with Gasteiger partial charge < -0.3 is 0 Å². The summed E-state index contributed by atoms with van der Waals surface area (Å²) in [7, 11) is 0. The second-order valence-corrected chi connectivity index (χ2v) is 4.00. The molecule has 1 aromatic carbocycles. The van der Waals surface area contributed by atoms with Crippen LogP contribution in [0.15, 0.2) is 24.3 Å². The number of aryl methyl sites for hydroxylation is 1. The SMILES string of the molecule is N#CCCCCCCc1cccc([N+](=O)[O-])c1. The van der Waals surface area contributed by atoms with Crippen molar-refractivity contribution in [3.63, 3.8) is 0 Å². The summed E-state index contributed by atoms with van der Waals surface area (Å²) in [6.45, 7) is 0. The van der Waals surface area contributed by atoms with Crippen LogP contribution in [0.5, 0.6) is 0 Å². The molecule has 0 aliphatic carbocycles. The number of nitro benzene ring substituents is 1. The van der Waals surface area contributed by atoms with Crippen LogP contribution in [0.25, 0.3) is 0 Å². The van der Waals surface area contributed by atoms with E-state index in [0.29, 0.717) is 6.42 Å². The molecular formula is C13H16N2O2. The fraction of sp³-hybridized carbons (Fsp3) is 0.462. The molecule has 1 rings (SSSR count). The van der Waals surface area contributed by atoms with Crippen molar-refractivity contribution in [2.24, 2.45) is 0 Å². The Kier molecular flexibility index (Phi) is 5.73. The molecule has 0 radical (unpaired) electrons. The quantitative estimate of drug-likeness (QED) is 0.409. The van der Waals surface area contributed by atoms with E-state index >= 15 is 0 Å². The second-order valence-electron chi connectivity index (χ2n) is 4.00. The first-order chi connectivity index (χ1) is 8.24. The highest BCUT2D eigenvalue weighted by Crippen LogP contribution is 2.15. The Morgan fingerprint density at radius 3 is 2.71 bits per heavy atom. The molecule has 0 amide bonds. The summed E-state index contributed by atoms with van der Waals surface area (Å²) in [4.78, 5) is 10.2. The molecule has 0 unspecified atom stereocenters. The number of rotatable bonds is 7. The van der Waals surface area contributed by atoms with E-state index in [1.807, 2.05) is 6.07 Å².